The summed E-state index contributed by atoms with van der Waals surface area (Å²) in [7, 11) is 0. The minimum atomic E-state index is -4.32. The van der Waals surface area contributed by atoms with Crippen molar-refractivity contribution in [2.75, 3.05) is 0 Å². The molecule has 0 radical (unpaired) electrons. The largest absolute Gasteiger partial charge is 0.476 e. The Morgan fingerprint density at radius 1 is 1.52 bits per heavy atom. The van der Waals surface area contributed by atoms with Crippen molar-refractivity contribution < 1.29 is 27.5 Å². The lowest BCUT2D eigenvalue weighted by Gasteiger charge is -2.20. The van der Waals surface area contributed by atoms with Crippen LogP contribution in [0.5, 0.6) is 0 Å². The van der Waals surface area contributed by atoms with Crippen molar-refractivity contribution in [1.82, 2.24) is 4.98 Å². The standard InChI is InChI=1S/C12H14F3N3O3/c13-12(14,15)6-4-9(16)17-7(6)2-1-3-10-18-8(5-21-10)11(19)20/h5-7H,1-4H2,(H2,16,17)(H,19,20)/t6-,7+/m1/s1. The van der Waals surface area contributed by atoms with E-state index in [0.717, 1.165) is 6.26 Å². The van der Waals surface area contributed by atoms with E-state index in [1.54, 1.807) is 0 Å². The van der Waals surface area contributed by atoms with Gasteiger partial charge in [0.15, 0.2) is 11.6 Å². The van der Waals surface area contributed by atoms with Gasteiger partial charge in [0, 0.05) is 12.8 Å². The summed E-state index contributed by atoms with van der Waals surface area (Å²) >= 11 is 0. The third-order valence-electron chi connectivity index (χ3n) is 3.31. The topological polar surface area (TPSA) is 102 Å². The average molecular weight is 305 g/mol. The summed E-state index contributed by atoms with van der Waals surface area (Å²) in [4.78, 5) is 18.1. The zero-order valence-electron chi connectivity index (χ0n) is 10.9. The number of nitrogens with two attached hydrogens (primary N) is 1. The van der Waals surface area contributed by atoms with Crippen LogP contribution in [0.3, 0.4) is 0 Å². The van der Waals surface area contributed by atoms with Crippen molar-refractivity contribution in [3.8, 4) is 0 Å². The van der Waals surface area contributed by atoms with Crippen LogP contribution in [0.25, 0.3) is 0 Å². The zero-order valence-corrected chi connectivity index (χ0v) is 10.9. The SMILES string of the molecule is NC1=N[C@@H](CCCc2nc(C(=O)O)co2)[C@H](C(F)(F)F)C1. The minimum Gasteiger partial charge on any atom is -0.476 e. The number of carboxylic acid groups (broad SMARTS) is 1. The number of alkyl halides is 3. The van der Waals surface area contributed by atoms with Crippen molar-refractivity contribution >= 4 is 11.8 Å². The highest BCUT2D eigenvalue weighted by Gasteiger charge is 2.47. The normalized spacial score (nSPS) is 22.3. The molecule has 2 atom stereocenters. The summed E-state index contributed by atoms with van der Waals surface area (Å²) < 4.78 is 43.3. The van der Waals surface area contributed by atoms with Gasteiger partial charge in [0.25, 0.3) is 0 Å². The number of carboxylic acids is 1. The lowest BCUT2D eigenvalue weighted by atomic mass is 9.94. The molecule has 9 heteroatoms. The van der Waals surface area contributed by atoms with Crippen molar-refractivity contribution in [1.29, 1.82) is 0 Å². The van der Waals surface area contributed by atoms with Crippen molar-refractivity contribution in [2.45, 2.75) is 37.9 Å². The number of nitrogens with zero attached hydrogens (tertiary/aromatic N) is 2. The van der Waals surface area contributed by atoms with E-state index in [-0.39, 0.29) is 36.7 Å². The van der Waals surface area contributed by atoms with Crippen LogP contribution in [-0.2, 0) is 6.42 Å². The monoisotopic (exact) mass is 305 g/mol. The molecule has 2 heterocycles. The quantitative estimate of drug-likeness (QED) is 0.866. The van der Waals surface area contributed by atoms with Gasteiger partial charge < -0.3 is 15.3 Å². The van der Waals surface area contributed by atoms with E-state index in [0.29, 0.717) is 6.42 Å². The second-order valence-corrected chi connectivity index (χ2v) is 4.86. The van der Waals surface area contributed by atoms with Gasteiger partial charge in [-0.25, -0.2) is 9.78 Å². The second-order valence-electron chi connectivity index (χ2n) is 4.86. The lowest BCUT2D eigenvalue weighted by molar-refractivity contribution is -0.176. The zero-order chi connectivity index (χ0) is 15.6. The summed E-state index contributed by atoms with van der Waals surface area (Å²) in [6.45, 7) is 0. The fourth-order valence-electron chi connectivity index (χ4n) is 2.30. The minimum absolute atomic E-state index is 0.0200. The number of aliphatic imine (C=N–C) groups is 1. The third-order valence-corrected chi connectivity index (χ3v) is 3.31. The first kappa shape index (κ1) is 15.3. The van der Waals surface area contributed by atoms with E-state index < -0.39 is 24.1 Å². The number of aromatic carboxylic acids is 1. The number of rotatable bonds is 5. The van der Waals surface area contributed by atoms with Crippen LogP contribution >= 0.6 is 0 Å². The van der Waals surface area contributed by atoms with Crippen LogP contribution in [0, 0.1) is 5.92 Å². The molecular weight excluding hydrogens is 291 g/mol. The average Bonchev–Trinajstić information content (AvgIpc) is 2.95. The number of halogens is 3. The van der Waals surface area contributed by atoms with Crippen LogP contribution in [0.2, 0.25) is 0 Å². The summed E-state index contributed by atoms with van der Waals surface area (Å²) in [5, 5.41) is 8.67. The van der Waals surface area contributed by atoms with Gasteiger partial charge in [-0.2, -0.15) is 13.2 Å². The highest BCUT2D eigenvalue weighted by molar-refractivity contribution is 5.84. The lowest BCUT2D eigenvalue weighted by Crippen LogP contribution is -2.30. The molecule has 0 aromatic carbocycles. The molecule has 3 N–H and O–H groups in total. The molecular formula is C12H14F3N3O3. The predicted molar refractivity (Wildman–Crippen MR) is 66.0 cm³/mol. The van der Waals surface area contributed by atoms with Crippen molar-refractivity contribution in [3.63, 3.8) is 0 Å². The Hall–Kier alpha value is -2.06. The van der Waals surface area contributed by atoms with Crippen molar-refractivity contribution in [2.24, 2.45) is 16.6 Å². The van der Waals surface area contributed by atoms with Gasteiger partial charge in [-0.15, -0.1) is 0 Å². The highest BCUT2D eigenvalue weighted by Crippen LogP contribution is 2.37. The molecule has 1 aromatic heterocycles. The Balaban J connectivity index is 1.88. The van der Waals surface area contributed by atoms with E-state index in [2.05, 4.69) is 9.98 Å². The van der Waals surface area contributed by atoms with Crippen LogP contribution in [0.4, 0.5) is 13.2 Å². The number of oxazole rings is 1. The fourth-order valence-corrected chi connectivity index (χ4v) is 2.30. The fraction of sp³-hybridized carbons (Fsp3) is 0.583. The summed E-state index contributed by atoms with van der Waals surface area (Å²) in [6, 6.07) is -0.890. The van der Waals surface area contributed by atoms with Crippen LogP contribution in [0.15, 0.2) is 15.7 Å². The van der Waals surface area contributed by atoms with Gasteiger partial charge in [-0.1, -0.05) is 0 Å². The van der Waals surface area contributed by atoms with Gasteiger partial charge in [-0.3, -0.25) is 4.99 Å². The molecule has 0 fully saturated rings. The first-order valence-corrected chi connectivity index (χ1v) is 6.34. The Kier molecular flexibility index (Phi) is 4.19. The predicted octanol–water partition coefficient (Wildman–Crippen LogP) is 2.00. The summed E-state index contributed by atoms with van der Waals surface area (Å²) in [6.07, 6.45) is -2.79. The first-order valence-electron chi connectivity index (χ1n) is 6.34. The third kappa shape index (κ3) is 3.73. The Morgan fingerprint density at radius 3 is 2.81 bits per heavy atom. The number of carbonyl (C=O) groups is 1. The van der Waals surface area contributed by atoms with Gasteiger partial charge >= 0.3 is 12.1 Å². The van der Waals surface area contributed by atoms with Crippen molar-refractivity contribution in [3.05, 3.63) is 17.8 Å². The number of hydrogen-bond donors (Lipinski definition) is 2. The molecule has 21 heavy (non-hydrogen) atoms. The number of aromatic nitrogens is 1. The number of hydrogen-bond acceptors (Lipinski definition) is 5. The maximum absolute atomic E-state index is 12.8. The molecule has 116 valence electrons. The highest BCUT2D eigenvalue weighted by atomic mass is 19.4. The Bertz CT molecular complexity index is 553. The molecule has 1 aromatic rings. The molecule has 0 bridgehead atoms. The molecule has 0 spiro atoms. The smallest absolute Gasteiger partial charge is 0.394 e. The van der Waals surface area contributed by atoms with Crippen LogP contribution in [0.1, 0.15) is 35.6 Å². The van der Waals surface area contributed by atoms with Gasteiger partial charge in [-0.05, 0) is 12.8 Å². The molecule has 6 nitrogen and oxygen atoms in total. The molecule has 0 unspecified atom stereocenters. The first-order chi connectivity index (χ1) is 9.77. The van der Waals surface area contributed by atoms with Gasteiger partial charge in [0.2, 0.25) is 0 Å². The maximum Gasteiger partial charge on any atom is 0.394 e. The number of aryl methyl sites for hydroxylation is 1. The van der Waals surface area contributed by atoms with Gasteiger partial charge in [0.1, 0.15) is 6.26 Å². The molecule has 0 saturated carbocycles. The Labute approximate surface area is 117 Å². The molecule has 1 aliphatic rings. The van der Waals surface area contributed by atoms with E-state index in [9.17, 15) is 18.0 Å². The summed E-state index contributed by atoms with van der Waals surface area (Å²) in [5.74, 6) is -2.55. The molecule has 0 saturated heterocycles. The van der Waals surface area contributed by atoms with Crippen LogP contribution < -0.4 is 5.73 Å². The van der Waals surface area contributed by atoms with Crippen LogP contribution in [-0.4, -0.2) is 34.1 Å². The van der Waals surface area contributed by atoms with E-state index >= 15 is 0 Å². The van der Waals surface area contributed by atoms with E-state index in [4.69, 9.17) is 15.3 Å². The van der Waals surface area contributed by atoms with Gasteiger partial charge in [0.05, 0.1) is 17.8 Å². The molecule has 0 amide bonds. The Morgan fingerprint density at radius 2 is 2.24 bits per heavy atom. The maximum atomic E-state index is 12.8. The van der Waals surface area contributed by atoms with E-state index in [1.165, 1.54) is 0 Å². The second kappa shape index (κ2) is 5.74. The molecule has 0 aliphatic carbocycles. The molecule has 2 rings (SSSR count). The number of amidine groups is 1. The molecule has 1 aliphatic heterocycles. The summed E-state index contributed by atoms with van der Waals surface area (Å²) in [5.41, 5.74) is 5.16. The van der Waals surface area contributed by atoms with E-state index in [1.807, 2.05) is 0 Å².